The van der Waals surface area contributed by atoms with Crippen molar-refractivity contribution in [2.45, 2.75) is 0 Å². The maximum absolute atomic E-state index is 12.5. The molecule has 1 aliphatic heterocycles. The number of sulfonamides is 1. The Labute approximate surface area is 180 Å². The smallest absolute Gasteiger partial charge is 0.245 e. The summed E-state index contributed by atoms with van der Waals surface area (Å²) in [7, 11) is -3.74. The number of nitrogens with one attached hydrogen (secondary N) is 1. The van der Waals surface area contributed by atoms with Gasteiger partial charge in [-0.3, -0.25) is 9.10 Å². The lowest BCUT2D eigenvalue weighted by molar-refractivity contribution is -0.114. The van der Waals surface area contributed by atoms with Crippen molar-refractivity contribution in [2.24, 2.45) is 0 Å². The van der Waals surface area contributed by atoms with E-state index in [9.17, 15) is 13.2 Å². The molecule has 2 aromatic carbocycles. The summed E-state index contributed by atoms with van der Waals surface area (Å²) in [4.78, 5) is 14.7. The second kappa shape index (κ2) is 9.21. The van der Waals surface area contributed by atoms with Crippen LogP contribution in [0.2, 0.25) is 10.0 Å². The third-order valence-electron chi connectivity index (χ3n) is 4.39. The molecule has 0 atom stereocenters. The van der Waals surface area contributed by atoms with E-state index in [1.807, 2.05) is 12.1 Å². The maximum Gasteiger partial charge on any atom is 0.245 e. The Balaban J connectivity index is 1.70. The second-order valence-electron chi connectivity index (χ2n) is 6.56. The molecule has 1 N–H and O–H groups in total. The largest absolute Gasteiger partial charge is 0.378 e. The number of morpholine rings is 1. The molecule has 1 heterocycles. The molecule has 1 amide bonds. The summed E-state index contributed by atoms with van der Waals surface area (Å²) in [5, 5.41) is 3.23. The van der Waals surface area contributed by atoms with Crippen LogP contribution in [0.1, 0.15) is 0 Å². The van der Waals surface area contributed by atoms with Crippen molar-refractivity contribution in [3.63, 3.8) is 0 Å². The Morgan fingerprint density at radius 2 is 1.79 bits per heavy atom. The Bertz CT molecular complexity index is 977. The lowest BCUT2D eigenvalue weighted by Crippen LogP contribution is -2.37. The zero-order chi connectivity index (χ0) is 21.0. The van der Waals surface area contributed by atoms with Crippen molar-refractivity contribution in [1.82, 2.24) is 0 Å². The van der Waals surface area contributed by atoms with E-state index in [0.717, 1.165) is 29.3 Å². The highest BCUT2D eigenvalue weighted by atomic mass is 35.5. The molecule has 0 aromatic heterocycles. The summed E-state index contributed by atoms with van der Waals surface area (Å²) in [5.41, 5.74) is 1.80. The summed E-state index contributed by atoms with van der Waals surface area (Å²) in [5.74, 6) is -0.486. The average molecular weight is 458 g/mol. The van der Waals surface area contributed by atoms with Crippen molar-refractivity contribution in [3.05, 3.63) is 52.5 Å². The van der Waals surface area contributed by atoms with Crippen molar-refractivity contribution in [2.75, 3.05) is 53.6 Å². The number of hydrogen-bond acceptors (Lipinski definition) is 5. The molecule has 0 bridgehead atoms. The van der Waals surface area contributed by atoms with Gasteiger partial charge in [-0.2, -0.15) is 0 Å². The summed E-state index contributed by atoms with van der Waals surface area (Å²) in [6.45, 7) is 2.60. The zero-order valence-corrected chi connectivity index (χ0v) is 18.1. The van der Waals surface area contributed by atoms with Crippen molar-refractivity contribution >= 4 is 56.2 Å². The van der Waals surface area contributed by atoms with Crippen LogP contribution in [-0.2, 0) is 19.6 Å². The number of ether oxygens (including phenoxy) is 1. The summed E-state index contributed by atoms with van der Waals surface area (Å²) in [6.07, 6.45) is 1.02. The van der Waals surface area contributed by atoms with E-state index >= 15 is 0 Å². The van der Waals surface area contributed by atoms with Gasteiger partial charge in [-0.05, 0) is 42.5 Å². The number of carbonyl (C=O) groups is 1. The molecule has 3 rings (SSSR count). The minimum atomic E-state index is -3.74. The minimum absolute atomic E-state index is 0.144. The van der Waals surface area contributed by atoms with Crippen LogP contribution >= 0.6 is 23.2 Å². The van der Waals surface area contributed by atoms with Crippen LogP contribution in [0.3, 0.4) is 0 Å². The fraction of sp³-hybridized carbons (Fsp3) is 0.316. The maximum atomic E-state index is 12.5. The van der Waals surface area contributed by atoms with Crippen LogP contribution in [0.15, 0.2) is 42.5 Å². The number of anilines is 3. The quantitative estimate of drug-likeness (QED) is 0.719. The van der Waals surface area contributed by atoms with Crippen LogP contribution < -0.4 is 14.5 Å². The molecule has 1 aliphatic rings. The average Bonchev–Trinajstić information content (AvgIpc) is 2.67. The van der Waals surface area contributed by atoms with Gasteiger partial charge in [0.15, 0.2) is 0 Å². The SMILES string of the molecule is CS(=O)(=O)N(CC(=O)Nc1ccc(N2CCOCC2)cc1)c1ccc(Cl)cc1Cl. The Kier molecular flexibility index (Phi) is 6.89. The van der Waals surface area contributed by atoms with E-state index < -0.39 is 22.5 Å². The van der Waals surface area contributed by atoms with Gasteiger partial charge in [0.25, 0.3) is 0 Å². The molecule has 7 nitrogen and oxygen atoms in total. The van der Waals surface area contributed by atoms with Crippen LogP contribution in [-0.4, -0.2) is 53.4 Å². The lowest BCUT2D eigenvalue weighted by atomic mass is 10.2. The molecule has 0 aliphatic carbocycles. The summed E-state index contributed by atoms with van der Waals surface area (Å²) < 4.78 is 30.7. The molecule has 29 heavy (non-hydrogen) atoms. The predicted octanol–water partition coefficient (Wildman–Crippen LogP) is 3.23. The van der Waals surface area contributed by atoms with Gasteiger partial charge in [-0.25, -0.2) is 8.42 Å². The molecule has 1 saturated heterocycles. The number of halogens is 2. The molecular formula is C19H21Cl2N3O4S. The number of benzene rings is 2. The van der Waals surface area contributed by atoms with E-state index in [1.54, 1.807) is 12.1 Å². The topological polar surface area (TPSA) is 79.0 Å². The van der Waals surface area contributed by atoms with Crippen LogP contribution in [0, 0.1) is 0 Å². The first kappa shape index (κ1) is 21.7. The molecule has 0 spiro atoms. The highest BCUT2D eigenvalue weighted by molar-refractivity contribution is 7.92. The monoisotopic (exact) mass is 457 g/mol. The normalized spacial score (nSPS) is 14.5. The molecule has 0 radical (unpaired) electrons. The first-order valence-electron chi connectivity index (χ1n) is 8.89. The summed E-state index contributed by atoms with van der Waals surface area (Å²) in [6, 6.07) is 11.8. The van der Waals surface area contributed by atoms with Crippen LogP contribution in [0.5, 0.6) is 0 Å². The van der Waals surface area contributed by atoms with E-state index in [0.29, 0.717) is 23.9 Å². The molecule has 1 fully saturated rings. The number of nitrogens with zero attached hydrogens (tertiary/aromatic N) is 2. The highest BCUT2D eigenvalue weighted by Gasteiger charge is 2.23. The zero-order valence-electron chi connectivity index (χ0n) is 15.8. The third-order valence-corrected chi connectivity index (χ3v) is 6.06. The van der Waals surface area contributed by atoms with Crippen LogP contribution in [0.4, 0.5) is 17.1 Å². The number of hydrogen-bond donors (Lipinski definition) is 1. The summed E-state index contributed by atoms with van der Waals surface area (Å²) >= 11 is 12.0. The second-order valence-corrected chi connectivity index (χ2v) is 9.31. The van der Waals surface area contributed by atoms with Crippen molar-refractivity contribution in [3.8, 4) is 0 Å². The molecule has 2 aromatic rings. The molecule has 10 heteroatoms. The molecule has 0 saturated carbocycles. The van der Waals surface area contributed by atoms with Gasteiger partial charge in [0.05, 0.1) is 30.2 Å². The van der Waals surface area contributed by atoms with E-state index in [1.165, 1.54) is 18.2 Å². The lowest BCUT2D eigenvalue weighted by Gasteiger charge is -2.29. The Hall–Kier alpha value is -2.00. The first-order valence-corrected chi connectivity index (χ1v) is 11.5. The molecule has 0 unspecified atom stereocenters. The van der Waals surface area contributed by atoms with Gasteiger partial charge < -0.3 is 15.0 Å². The minimum Gasteiger partial charge on any atom is -0.378 e. The van der Waals surface area contributed by atoms with Crippen molar-refractivity contribution < 1.29 is 17.9 Å². The standard InChI is InChI=1S/C19H21Cl2N3O4S/c1-29(26,27)24(18-7-2-14(20)12-17(18)21)13-19(25)22-15-3-5-16(6-4-15)23-8-10-28-11-9-23/h2-7,12H,8-11,13H2,1H3,(H,22,25). The van der Waals surface area contributed by atoms with Gasteiger partial charge >= 0.3 is 0 Å². The third kappa shape index (κ3) is 5.76. The fourth-order valence-electron chi connectivity index (χ4n) is 2.97. The van der Waals surface area contributed by atoms with Crippen molar-refractivity contribution in [1.29, 1.82) is 0 Å². The van der Waals surface area contributed by atoms with Gasteiger partial charge in [-0.15, -0.1) is 0 Å². The van der Waals surface area contributed by atoms with Crippen LogP contribution in [0.25, 0.3) is 0 Å². The fourth-order valence-corrected chi connectivity index (χ4v) is 4.40. The first-order chi connectivity index (χ1) is 13.7. The Morgan fingerprint density at radius 1 is 1.14 bits per heavy atom. The number of amides is 1. The van der Waals surface area contributed by atoms with E-state index in [-0.39, 0.29) is 10.7 Å². The van der Waals surface area contributed by atoms with Gasteiger partial charge in [0, 0.05) is 29.5 Å². The Morgan fingerprint density at radius 3 is 2.38 bits per heavy atom. The predicted molar refractivity (Wildman–Crippen MR) is 117 cm³/mol. The highest BCUT2D eigenvalue weighted by Crippen LogP contribution is 2.30. The molecule has 156 valence electrons. The van der Waals surface area contributed by atoms with Gasteiger partial charge in [0.2, 0.25) is 15.9 Å². The van der Waals surface area contributed by atoms with Gasteiger partial charge in [0.1, 0.15) is 6.54 Å². The number of rotatable bonds is 6. The van der Waals surface area contributed by atoms with E-state index in [2.05, 4.69) is 10.2 Å². The molecular weight excluding hydrogens is 437 g/mol. The van der Waals surface area contributed by atoms with E-state index in [4.69, 9.17) is 27.9 Å². The van der Waals surface area contributed by atoms with Gasteiger partial charge in [-0.1, -0.05) is 23.2 Å². The number of carbonyl (C=O) groups excluding carboxylic acids is 1.